The topological polar surface area (TPSA) is 58.8 Å². The van der Waals surface area contributed by atoms with Gasteiger partial charge in [0, 0.05) is 39.8 Å². The number of piperidine rings is 1. The zero-order chi connectivity index (χ0) is 16.7. The van der Waals surface area contributed by atoms with Gasteiger partial charge in [-0.2, -0.15) is 0 Å². The average Bonchev–Trinajstić information content (AvgIpc) is 2.60. The van der Waals surface area contributed by atoms with Gasteiger partial charge >= 0.3 is 0 Å². The molecule has 0 aliphatic carbocycles. The summed E-state index contributed by atoms with van der Waals surface area (Å²) in [5, 5.41) is 0. The molecule has 1 aliphatic heterocycles. The van der Waals surface area contributed by atoms with Crippen molar-refractivity contribution >= 4 is 30.7 Å². The molecule has 0 spiro atoms. The molecule has 2 atom stereocenters. The van der Waals surface area contributed by atoms with Gasteiger partial charge < -0.3 is 15.4 Å². The molecule has 144 valence electrons. The van der Waals surface area contributed by atoms with Crippen LogP contribution in [0, 0.1) is 0 Å². The molecule has 0 aromatic heterocycles. The minimum atomic E-state index is -0.186. The van der Waals surface area contributed by atoms with Crippen LogP contribution in [0.5, 0.6) is 0 Å². The maximum Gasteiger partial charge on any atom is 0.225 e. The van der Waals surface area contributed by atoms with Crippen molar-refractivity contribution in [1.29, 1.82) is 0 Å². The Balaban J connectivity index is 0.00000288. The molecule has 2 unspecified atom stereocenters. The van der Waals surface area contributed by atoms with Crippen LogP contribution in [0.25, 0.3) is 0 Å². The molecule has 2 N–H and O–H groups in total. The predicted octanol–water partition coefficient (Wildman–Crippen LogP) is 2.32. The first kappa shape index (κ1) is 24.1. The first-order valence-electron chi connectivity index (χ1n) is 8.38. The van der Waals surface area contributed by atoms with Crippen molar-refractivity contribution in [2.24, 2.45) is 5.73 Å². The molecule has 7 heteroatoms. The number of methoxy groups -OCH3 is 1. The number of carbonyl (C=O) groups excluding carboxylic acids is 1. The normalized spacial score (nSPS) is 18.6. The highest BCUT2D eigenvalue weighted by molar-refractivity contribution is 5.85. The van der Waals surface area contributed by atoms with Crippen LogP contribution in [0.2, 0.25) is 0 Å². The van der Waals surface area contributed by atoms with Gasteiger partial charge in [-0.05, 0) is 24.9 Å². The van der Waals surface area contributed by atoms with Gasteiger partial charge in [0.15, 0.2) is 0 Å². The zero-order valence-electron chi connectivity index (χ0n) is 15.1. The Labute approximate surface area is 163 Å². The lowest BCUT2D eigenvalue weighted by molar-refractivity contribution is -0.135. The van der Waals surface area contributed by atoms with Crippen LogP contribution in [-0.4, -0.2) is 61.6 Å². The van der Waals surface area contributed by atoms with E-state index in [2.05, 4.69) is 29.2 Å². The molecular weight excluding hydrogens is 361 g/mol. The zero-order valence-corrected chi connectivity index (χ0v) is 16.7. The molecule has 1 aromatic rings. The molecule has 1 aliphatic rings. The van der Waals surface area contributed by atoms with Crippen molar-refractivity contribution < 1.29 is 9.53 Å². The molecule has 0 bridgehead atoms. The number of hydrogen-bond donors (Lipinski definition) is 1. The van der Waals surface area contributed by atoms with E-state index in [1.54, 1.807) is 7.11 Å². The fourth-order valence-electron chi connectivity index (χ4n) is 3.14. The number of likely N-dealkylation sites (N-methyl/N-ethyl adjacent to an activating group) is 1. The predicted molar refractivity (Wildman–Crippen MR) is 106 cm³/mol. The van der Waals surface area contributed by atoms with Crippen LogP contribution in [-0.2, 0) is 16.1 Å². The number of nitrogens with two attached hydrogens (primary N) is 1. The molecule has 1 heterocycles. The summed E-state index contributed by atoms with van der Waals surface area (Å²) in [5.41, 5.74) is 6.94. The van der Waals surface area contributed by atoms with Crippen LogP contribution in [0.4, 0.5) is 0 Å². The molecule has 1 fully saturated rings. The SMILES string of the molecule is COC(CN)CC(=O)N(C)C1CCCN(Cc2ccccc2)C1.Cl.Cl. The lowest BCUT2D eigenvalue weighted by Gasteiger charge is -2.38. The van der Waals surface area contributed by atoms with E-state index < -0.39 is 0 Å². The Bertz CT molecular complexity index is 486. The van der Waals surface area contributed by atoms with Gasteiger partial charge in [0.1, 0.15) is 0 Å². The summed E-state index contributed by atoms with van der Waals surface area (Å²) in [6.45, 7) is 3.35. The number of benzene rings is 1. The third-order valence-electron chi connectivity index (χ3n) is 4.67. The molecule has 5 nitrogen and oxygen atoms in total. The van der Waals surface area contributed by atoms with E-state index in [1.807, 2.05) is 18.0 Å². The van der Waals surface area contributed by atoms with Gasteiger partial charge in [0.05, 0.1) is 12.5 Å². The van der Waals surface area contributed by atoms with Crippen molar-refractivity contribution in [3.05, 3.63) is 35.9 Å². The number of hydrogen-bond acceptors (Lipinski definition) is 4. The minimum Gasteiger partial charge on any atom is -0.380 e. The molecule has 25 heavy (non-hydrogen) atoms. The van der Waals surface area contributed by atoms with Crippen LogP contribution in [0.1, 0.15) is 24.8 Å². The van der Waals surface area contributed by atoms with Gasteiger partial charge in [-0.25, -0.2) is 0 Å². The van der Waals surface area contributed by atoms with Crippen molar-refractivity contribution in [3.63, 3.8) is 0 Å². The first-order chi connectivity index (χ1) is 11.1. The number of rotatable bonds is 7. The summed E-state index contributed by atoms with van der Waals surface area (Å²) in [6.07, 6.45) is 2.36. The highest BCUT2D eigenvalue weighted by atomic mass is 35.5. The number of halogens is 2. The Morgan fingerprint density at radius 3 is 2.64 bits per heavy atom. The van der Waals surface area contributed by atoms with Gasteiger partial charge in [0.2, 0.25) is 5.91 Å². The Morgan fingerprint density at radius 2 is 2.04 bits per heavy atom. The molecule has 1 saturated heterocycles. The summed E-state index contributed by atoms with van der Waals surface area (Å²) in [5.74, 6) is 0.119. The monoisotopic (exact) mass is 391 g/mol. The number of likely N-dealkylation sites (tertiary alicyclic amines) is 1. The third-order valence-corrected chi connectivity index (χ3v) is 4.67. The quantitative estimate of drug-likeness (QED) is 0.774. The highest BCUT2D eigenvalue weighted by Crippen LogP contribution is 2.18. The number of ether oxygens (including phenoxy) is 1. The third kappa shape index (κ3) is 7.50. The molecule has 1 amide bonds. The average molecular weight is 392 g/mol. The second-order valence-corrected chi connectivity index (χ2v) is 6.32. The number of carbonyl (C=O) groups is 1. The van der Waals surface area contributed by atoms with Crippen LogP contribution in [0.3, 0.4) is 0 Å². The van der Waals surface area contributed by atoms with Crippen molar-refractivity contribution in [3.8, 4) is 0 Å². The lowest BCUT2D eigenvalue weighted by atomic mass is 10.0. The summed E-state index contributed by atoms with van der Waals surface area (Å²) in [7, 11) is 3.51. The fourth-order valence-corrected chi connectivity index (χ4v) is 3.14. The second kappa shape index (κ2) is 12.5. The second-order valence-electron chi connectivity index (χ2n) is 6.32. The Morgan fingerprint density at radius 1 is 1.36 bits per heavy atom. The van der Waals surface area contributed by atoms with E-state index in [9.17, 15) is 4.79 Å². The maximum absolute atomic E-state index is 12.4. The van der Waals surface area contributed by atoms with Crippen molar-refractivity contribution in [2.75, 3.05) is 33.8 Å². The molecule has 1 aromatic carbocycles. The summed E-state index contributed by atoms with van der Waals surface area (Å²) in [4.78, 5) is 16.7. The molecule has 0 radical (unpaired) electrons. The van der Waals surface area contributed by atoms with E-state index in [0.717, 1.165) is 32.5 Å². The standard InChI is InChI=1S/C18H29N3O2.2ClH/c1-20(18(22)11-17(12-19)23-2)16-9-6-10-21(14-16)13-15-7-4-3-5-8-15;;/h3-5,7-8,16-17H,6,9-14,19H2,1-2H3;2*1H. The van der Waals surface area contributed by atoms with Crippen LogP contribution >= 0.6 is 24.8 Å². The molecular formula is C18H31Cl2N3O2. The minimum absolute atomic E-state index is 0. The Kier molecular flexibility index (Phi) is 12.1. The van der Waals surface area contributed by atoms with Crippen LogP contribution < -0.4 is 5.73 Å². The van der Waals surface area contributed by atoms with E-state index in [1.165, 1.54) is 5.56 Å². The van der Waals surface area contributed by atoms with Gasteiger partial charge in [-0.3, -0.25) is 9.69 Å². The van der Waals surface area contributed by atoms with Gasteiger partial charge in [-0.15, -0.1) is 24.8 Å². The maximum atomic E-state index is 12.4. The van der Waals surface area contributed by atoms with E-state index in [0.29, 0.717) is 13.0 Å². The Hall–Kier alpha value is -0.850. The van der Waals surface area contributed by atoms with E-state index >= 15 is 0 Å². The molecule has 2 rings (SSSR count). The van der Waals surface area contributed by atoms with Crippen LogP contribution in [0.15, 0.2) is 30.3 Å². The van der Waals surface area contributed by atoms with Gasteiger partial charge in [-0.1, -0.05) is 30.3 Å². The van der Waals surface area contributed by atoms with E-state index in [4.69, 9.17) is 10.5 Å². The lowest BCUT2D eigenvalue weighted by Crippen LogP contribution is -2.49. The van der Waals surface area contributed by atoms with Gasteiger partial charge in [0.25, 0.3) is 0 Å². The van der Waals surface area contributed by atoms with E-state index in [-0.39, 0.29) is 42.9 Å². The van der Waals surface area contributed by atoms with Crippen molar-refractivity contribution in [1.82, 2.24) is 9.80 Å². The molecule has 0 saturated carbocycles. The highest BCUT2D eigenvalue weighted by Gasteiger charge is 2.27. The fraction of sp³-hybridized carbons (Fsp3) is 0.611. The smallest absolute Gasteiger partial charge is 0.225 e. The first-order valence-corrected chi connectivity index (χ1v) is 8.38. The van der Waals surface area contributed by atoms with Crippen molar-refractivity contribution in [2.45, 2.75) is 38.0 Å². The summed E-state index contributed by atoms with van der Waals surface area (Å²) >= 11 is 0. The number of amides is 1. The largest absolute Gasteiger partial charge is 0.380 e. The number of nitrogens with zero attached hydrogens (tertiary/aromatic N) is 2. The summed E-state index contributed by atoms with van der Waals surface area (Å²) < 4.78 is 5.22. The summed E-state index contributed by atoms with van der Waals surface area (Å²) in [6, 6.07) is 10.8.